The molecule has 2 N–H and O–H groups in total. The van der Waals surface area contributed by atoms with Crippen molar-refractivity contribution in [1.29, 1.82) is 0 Å². The molecule has 7 heteroatoms. The van der Waals surface area contributed by atoms with E-state index in [2.05, 4.69) is 0 Å². The molecule has 0 saturated heterocycles. The first-order chi connectivity index (χ1) is 9.82. The Morgan fingerprint density at radius 2 is 1.71 bits per heavy atom. The number of sulfonamides is 1. The second-order valence-corrected chi connectivity index (χ2v) is 8.40. The minimum Gasteiger partial charge on any atom is -0.399 e. The Hall–Kier alpha value is -0.490. The van der Waals surface area contributed by atoms with E-state index in [0.717, 1.165) is 12.8 Å². The van der Waals surface area contributed by atoms with Crippen molar-refractivity contribution in [3.63, 3.8) is 0 Å². The van der Waals surface area contributed by atoms with Gasteiger partial charge in [0.1, 0.15) is 4.90 Å². The molecule has 118 valence electrons. The number of nitrogens with two attached hydrogens (primary N) is 1. The maximum atomic E-state index is 12.7. The number of hydrogen-bond acceptors (Lipinski definition) is 3. The zero-order valence-electron chi connectivity index (χ0n) is 12.0. The molecule has 0 spiro atoms. The van der Waals surface area contributed by atoms with Gasteiger partial charge in [0.05, 0.1) is 10.0 Å². The Kier molecular flexibility index (Phi) is 5.41. The van der Waals surface area contributed by atoms with Gasteiger partial charge < -0.3 is 5.73 Å². The number of benzene rings is 1. The van der Waals surface area contributed by atoms with Crippen LogP contribution < -0.4 is 5.73 Å². The molecule has 0 amide bonds. The van der Waals surface area contributed by atoms with E-state index < -0.39 is 10.0 Å². The van der Waals surface area contributed by atoms with E-state index in [9.17, 15) is 8.42 Å². The molecule has 2 rings (SSSR count). The molecular weight excluding hydrogens is 331 g/mol. The summed E-state index contributed by atoms with van der Waals surface area (Å²) < 4.78 is 26.7. The van der Waals surface area contributed by atoms with Crippen molar-refractivity contribution in [3.05, 3.63) is 22.2 Å². The van der Waals surface area contributed by atoms with Crippen LogP contribution in [0.5, 0.6) is 0 Å². The molecule has 0 aliphatic heterocycles. The largest absolute Gasteiger partial charge is 0.399 e. The fourth-order valence-corrected chi connectivity index (χ4v) is 5.23. The first kappa shape index (κ1) is 16.9. The summed E-state index contributed by atoms with van der Waals surface area (Å²) in [5.41, 5.74) is 5.97. The fourth-order valence-electron chi connectivity index (χ4n) is 2.81. The first-order valence-corrected chi connectivity index (χ1v) is 9.23. The number of nitrogen functional groups attached to an aromatic ring is 1. The van der Waals surface area contributed by atoms with Crippen LogP contribution >= 0.6 is 23.2 Å². The molecule has 4 nitrogen and oxygen atoms in total. The summed E-state index contributed by atoms with van der Waals surface area (Å²) in [6.45, 7) is 0.499. The van der Waals surface area contributed by atoms with Gasteiger partial charge in [0, 0.05) is 19.3 Å². The Balaban J connectivity index is 2.24. The summed E-state index contributed by atoms with van der Waals surface area (Å²) in [5.74, 6) is 0.407. The monoisotopic (exact) mass is 350 g/mol. The average molecular weight is 351 g/mol. The van der Waals surface area contributed by atoms with Gasteiger partial charge in [0.25, 0.3) is 0 Å². The van der Waals surface area contributed by atoms with Crippen molar-refractivity contribution < 1.29 is 8.42 Å². The van der Waals surface area contributed by atoms with Crippen LogP contribution in [0.4, 0.5) is 5.69 Å². The standard InChI is InChI=1S/C14H20Cl2N2O2S/c1-18(9-10-5-3-2-4-6-10)21(19,20)14-12(15)7-11(17)8-13(14)16/h7-8,10H,2-6,9,17H2,1H3. The van der Waals surface area contributed by atoms with E-state index >= 15 is 0 Å². The molecule has 1 aliphatic rings. The van der Waals surface area contributed by atoms with Gasteiger partial charge in [-0.2, -0.15) is 0 Å². The molecule has 1 aromatic carbocycles. The van der Waals surface area contributed by atoms with Crippen LogP contribution in [0.3, 0.4) is 0 Å². The first-order valence-electron chi connectivity index (χ1n) is 7.03. The molecule has 1 fully saturated rings. The summed E-state index contributed by atoms with van der Waals surface area (Å²) in [5, 5.41) is 0.131. The van der Waals surface area contributed by atoms with E-state index in [1.54, 1.807) is 7.05 Å². The van der Waals surface area contributed by atoms with Crippen molar-refractivity contribution in [2.45, 2.75) is 37.0 Å². The highest BCUT2D eigenvalue weighted by atomic mass is 35.5. The lowest BCUT2D eigenvalue weighted by molar-refractivity contribution is 0.300. The molecule has 1 aromatic rings. The maximum absolute atomic E-state index is 12.7. The van der Waals surface area contributed by atoms with Crippen LogP contribution in [0, 0.1) is 5.92 Å². The lowest BCUT2D eigenvalue weighted by Crippen LogP contribution is -2.33. The number of anilines is 1. The van der Waals surface area contributed by atoms with Gasteiger partial charge in [-0.05, 0) is 30.9 Å². The SMILES string of the molecule is CN(CC1CCCCC1)S(=O)(=O)c1c(Cl)cc(N)cc1Cl. The van der Waals surface area contributed by atoms with E-state index in [-0.39, 0.29) is 14.9 Å². The number of rotatable bonds is 4. The number of hydrogen-bond donors (Lipinski definition) is 1. The predicted molar refractivity (Wildman–Crippen MR) is 87.3 cm³/mol. The Labute approximate surface area is 136 Å². The van der Waals surface area contributed by atoms with Crippen molar-refractivity contribution in [3.8, 4) is 0 Å². The van der Waals surface area contributed by atoms with Crippen molar-refractivity contribution in [1.82, 2.24) is 4.31 Å². The third kappa shape index (κ3) is 3.83. The minimum atomic E-state index is -3.70. The van der Waals surface area contributed by atoms with Crippen molar-refractivity contribution >= 4 is 38.9 Å². The zero-order valence-corrected chi connectivity index (χ0v) is 14.3. The summed E-state index contributed by atoms with van der Waals surface area (Å²) in [4.78, 5) is -0.0571. The van der Waals surface area contributed by atoms with Gasteiger partial charge in [-0.3, -0.25) is 0 Å². The molecule has 0 bridgehead atoms. The van der Waals surface area contributed by atoms with Crippen LogP contribution in [-0.4, -0.2) is 26.3 Å². The van der Waals surface area contributed by atoms with Gasteiger partial charge >= 0.3 is 0 Å². The lowest BCUT2D eigenvalue weighted by atomic mass is 9.89. The Morgan fingerprint density at radius 3 is 2.24 bits per heavy atom. The normalized spacial score (nSPS) is 17.3. The predicted octanol–water partition coefficient (Wildman–Crippen LogP) is 3.78. The molecular formula is C14H20Cl2N2O2S. The van der Waals surface area contributed by atoms with Gasteiger partial charge in [-0.15, -0.1) is 0 Å². The Bertz CT molecular complexity index is 590. The van der Waals surface area contributed by atoms with Gasteiger partial charge in [0.2, 0.25) is 10.0 Å². The van der Waals surface area contributed by atoms with Crippen LogP contribution in [0.1, 0.15) is 32.1 Å². The highest BCUT2D eigenvalue weighted by Gasteiger charge is 2.29. The van der Waals surface area contributed by atoms with E-state index in [0.29, 0.717) is 18.2 Å². The molecule has 1 aliphatic carbocycles. The van der Waals surface area contributed by atoms with E-state index in [1.165, 1.54) is 35.7 Å². The molecule has 0 aromatic heterocycles. The smallest absolute Gasteiger partial charge is 0.245 e. The summed E-state index contributed by atoms with van der Waals surface area (Å²) in [6, 6.07) is 2.82. The van der Waals surface area contributed by atoms with Crippen LogP contribution in [0.25, 0.3) is 0 Å². The highest BCUT2D eigenvalue weighted by molar-refractivity contribution is 7.89. The quantitative estimate of drug-likeness (QED) is 0.840. The third-order valence-electron chi connectivity index (χ3n) is 3.93. The van der Waals surface area contributed by atoms with Crippen molar-refractivity contribution in [2.24, 2.45) is 5.92 Å². The van der Waals surface area contributed by atoms with Crippen LogP contribution in [0.2, 0.25) is 10.0 Å². The summed E-state index contributed by atoms with van der Waals surface area (Å²) in [6.07, 6.45) is 5.72. The Morgan fingerprint density at radius 1 is 1.19 bits per heavy atom. The van der Waals surface area contributed by atoms with Crippen LogP contribution in [-0.2, 0) is 10.0 Å². The number of nitrogens with zero attached hydrogens (tertiary/aromatic N) is 1. The lowest BCUT2D eigenvalue weighted by Gasteiger charge is -2.27. The number of halogens is 2. The molecule has 0 radical (unpaired) electrons. The molecule has 1 saturated carbocycles. The van der Waals surface area contributed by atoms with Crippen molar-refractivity contribution in [2.75, 3.05) is 19.3 Å². The van der Waals surface area contributed by atoms with Gasteiger partial charge in [-0.25, -0.2) is 12.7 Å². The summed E-state index contributed by atoms with van der Waals surface area (Å²) in [7, 11) is -2.13. The summed E-state index contributed by atoms with van der Waals surface area (Å²) >= 11 is 12.1. The minimum absolute atomic E-state index is 0.0571. The van der Waals surface area contributed by atoms with Gasteiger partial charge in [-0.1, -0.05) is 42.5 Å². The molecule has 0 heterocycles. The molecule has 0 unspecified atom stereocenters. The molecule has 21 heavy (non-hydrogen) atoms. The molecule has 0 atom stereocenters. The maximum Gasteiger partial charge on any atom is 0.245 e. The average Bonchev–Trinajstić information content (AvgIpc) is 2.38. The third-order valence-corrected chi connectivity index (χ3v) is 6.67. The second kappa shape index (κ2) is 6.73. The fraction of sp³-hybridized carbons (Fsp3) is 0.571. The van der Waals surface area contributed by atoms with E-state index in [1.807, 2.05) is 0 Å². The second-order valence-electron chi connectivity index (χ2n) is 5.60. The highest BCUT2D eigenvalue weighted by Crippen LogP contribution is 2.34. The van der Waals surface area contributed by atoms with Crippen LogP contribution in [0.15, 0.2) is 17.0 Å². The zero-order chi connectivity index (χ0) is 15.6. The van der Waals surface area contributed by atoms with E-state index in [4.69, 9.17) is 28.9 Å². The van der Waals surface area contributed by atoms with Gasteiger partial charge in [0.15, 0.2) is 0 Å². The topological polar surface area (TPSA) is 63.4 Å².